The predicted octanol–water partition coefficient (Wildman–Crippen LogP) is 2.56. The van der Waals surface area contributed by atoms with E-state index in [1.807, 2.05) is 13.8 Å². The van der Waals surface area contributed by atoms with Crippen molar-refractivity contribution >= 4 is 9.84 Å². The Morgan fingerprint density at radius 1 is 1.12 bits per heavy atom. The van der Waals surface area contributed by atoms with E-state index >= 15 is 0 Å². The van der Waals surface area contributed by atoms with Crippen molar-refractivity contribution in [2.75, 3.05) is 6.26 Å². The lowest BCUT2D eigenvalue weighted by atomic mass is 9.98. The zero-order valence-corrected chi connectivity index (χ0v) is 14.9. The molecule has 3 aromatic rings. The lowest BCUT2D eigenvalue weighted by Crippen LogP contribution is -2.05. The van der Waals surface area contributed by atoms with Gasteiger partial charge in [-0.05, 0) is 18.1 Å². The first-order valence-electron chi connectivity index (χ1n) is 7.67. The van der Waals surface area contributed by atoms with Gasteiger partial charge in [-0.15, -0.1) is 0 Å². The minimum absolute atomic E-state index is 0.0126. The summed E-state index contributed by atoms with van der Waals surface area (Å²) in [5.74, 6) is 0.180. The Balaban J connectivity index is 2.19. The average molecular weight is 358 g/mol. The standard InChI is InChI=1S/C17H18N4O3S/c1-11(2)14-15(12-4-6-13(7-5-12)25(3,23)24)19-17(20-16(14)22)21-9-8-18-10-21/h4-11H,1-3H3,(H,19,20,22). The monoisotopic (exact) mass is 358 g/mol. The number of hydrogen-bond acceptors (Lipinski definition) is 6. The molecule has 8 heteroatoms. The van der Waals surface area contributed by atoms with Crippen molar-refractivity contribution in [2.45, 2.75) is 24.7 Å². The van der Waals surface area contributed by atoms with Gasteiger partial charge in [0.2, 0.25) is 11.8 Å². The summed E-state index contributed by atoms with van der Waals surface area (Å²) in [5, 5.41) is 10.4. The Morgan fingerprint density at radius 2 is 1.80 bits per heavy atom. The molecule has 0 amide bonds. The SMILES string of the molecule is CC(C)c1c(O)nc(-n2ccnc2)nc1-c1ccc(S(C)(=O)=O)cc1. The molecular weight excluding hydrogens is 340 g/mol. The van der Waals surface area contributed by atoms with Gasteiger partial charge in [0.1, 0.15) is 6.33 Å². The molecule has 1 aromatic carbocycles. The third-order valence-electron chi connectivity index (χ3n) is 3.78. The molecule has 0 radical (unpaired) electrons. The topological polar surface area (TPSA) is 98.0 Å². The molecule has 0 fully saturated rings. The fourth-order valence-electron chi connectivity index (χ4n) is 2.55. The molecule has 0 unspecified atom stereocenters. The maximum Gasteiger partial charge on any atom is 0.238 e. The number of benzene rings is 1. The van der Waals surface area contributed by atoms with Gasteiger partial charge in [-0.3, -0.25) is 4.57 Å². The van der Waals surface area contributed by atoms with Gasteiger partial charge < -0.3 is 5.11 Å². The molecule has 0 saturated carbocycles. The van der Waals surface area contributed by atoms with Crippen LogP contribution in [0.4, 0.5) is 0 Å². The summed E-state index contributed by atoms with van der Waals surface area (Å²) in [4.78, 5) is 12.9. The predicted molar refractivity (Wildman–Crippen MR) is 93.5 cm³/mol. The molecule has 0 spiro atoms. The van der Waals surface area contributed by atoms with Crippen LogP contribution in [0.2, 0.25) is 0 Å². The summed E-state index contributed by atoms with van der Waals surface area (Å²) in [5.41, 5.74) is 1.87. The smallest absolute Gasteiger partial charge is 0.238 e. The summed E-state index contributed by atoms with van der Waals surface area (Å²) < 4.78 is 24.9. The molecule has 1 N–H and O–H groups in total. The highest BCUT2D eigenvalue weighted by Crippen LogP contribution is 2.34. The quantitative estimate of drug-likeness (QED) is 0.770. The van der Waals surface area contributed by atoms with E-state index in [0.717, 1.165) is 6.26 Å². The minimum Gasteiger partial charge on any atom is -0.493 e. The van der Waals surface area contributed by atoms with Crippen LogP contribution in [0.1, 0.15) is 25.3 Å². The zero-order valence-electron chi connectivity index (χ0n) is 14.1. The van der Waals surface area contributed by atoms with Crippen LogP contribution < -0.4 is 0 Å². The molecule has 2 aromatic heterocycles. The van der Waals surface area contributed by atoms with Crippen molar-refractivity contribution in [1.82, 2.24) is 19.5 Å². The third kappa shape index (κ3) is 3.39. The highest BCUT2D eigenvalue weighted by molar-refractivity contribution is 7.90. The second kappa shape index (κ2) is 6.29. The second-order valence-electron chi connectivity index (χ2n) is 6.03. The van der Waals surface area contributed by atoms with E-state index in [9.17, 15) is 13.5 Å². The molecule has 0 aliphatic rings. The summed E-state index contributed by atoms with van der Waals surface area (Å²) in [7, 11) is -3.27. The van der Waals surface area contributed by atoms with Gasteiger partial charge in [-0.25, -0.2) is 18.4 Å². The Labute approximate surface area is 146 Å². The van der Waals surface area contributed by atoms with E-state index in [-0.39, 0.29) is 16.7 Å². The van der Waals surface area contributed by atoms with E-state index in [1.54, 1.807) is 35.4 Å². The van der Waals surface area contributed by atoms with Gasteiger partial charge in [0, 0.05) is 29.8 Å². The van der Waals surface area contributed by atoms with E-state index in [2.05, 4.69) is 15.0 Å². The minimum atomic E-state index is -3.27. The first-order chi connectivity index (χ1) is 11.8. The van der Waals surface area contributed by atoms with Gasteiger partial charge in [0.15, 0.2) is 9.84 Å². The molecule has 2 heterocycles. The van der Waals surface area contributed by atoms with Crippen molar-refractivity contribution < 1.29 is 13.5 Å². The average Bonchev–Trinajstić information content (AvgIpc) is 3.07. The van der Waals surface area contributed by atoms with Crippen LogP contribution in [-0.4, -0.2) is 39.3 Å². The maximum absolute atomic E-state index is 11.6. The van der Waals surface area contributed by atoms with Crippen molar-refractivity contribution in [1.29, 1.82) is 0 Å². The highest BCUT2D eigenvalue weighted by Gasteiger charge is 2.19. The number of nitrogens with zero attached hydrogens (tertiary/aromatic N) is 4. The van der Waals surface area contributed by atoms with E-state index in [0.29, 0.717) is 22.8 Å². The summed E-state index contributed by atoms with van der Waals surface area (Å²) in [6, 6.07) is 6.43. The molecule has 0 aliphatic heterocycles. The first-order valence-corrected chi connectivity index (χ1v) is 9.56. The number of aromatic hydroxyl groups is 1. The molecule has 0 bridgehead atoms. The Bertz CT molecular complexity index is 995. The number of rotatable bonds is 4. The molecule has 0 saturated heterocycles. The number of aromatic nitrogens is 4. The van der Waals surface area contributed by atoms with Crippen molar-refractivity contribution in [3.05, 3.63) is 48.5 Å². The van der Waals surface area contributed by atoms with E-state index in [4.69, 9.17) is 0 Å². The van der Waals surface area contributed by atoms with E-state index < -0.39 is 9.84 Å². The largest absolute Gasteiger partial charge is 0.493 e. The molecule has 130 valence electrons. The van der Waals surface area contributed by atoms with Crippen LogP contribution in [0.5, 0.6) is 5.88 Å². The van der Waals surface area contributed by atoms with Crippen LogP contribution in [0.25, 0.3) is 17.2 Å². The number of imidazole rings is 1. The van der Waals surface area contributed by atoms with Crippen LogP contribution in [0.15, 0.2) is 47.9 Å². The number of hydrogen-bond donors (Lipinski definition) is 1. The Morgan fingerprint density at radius 3 is 2.32 bits per heavy atom. The Hall–Kier alpha value is -2.74. The fourth-order valence-corrected chi connectivity index (χ4v) is 3.18. The summed E-state index contributed by atoms with van der Waals surface area (Å²) in [6.45, 7) is 3.87. The molecule has 7 nitrogen and oxygen atoms in total. The van der Waals surface area contributed by atoms with Crippen molar-refractivity contribution in [3.8, 4) is 23.1 Å². The van der Waals surface area contributed by atoms with Crippen LogP contribution in [0.3, 0.4) is 0 Å². The second-order valence-corrected chi connectivity index (χ2v) is 8.05. The Kier molecular flexibility index (Phi) is 4.30. The summed E-state index contributed by atoms with van der Waals surface area (Å²) in [6.07, 6.45) is 5.98. The van der Waals surface area contributed by atoms with Gasteiger partial charge >= 0.3 is 0 Å². The first kappa shape index (κ1) is 17.1. The lowest BCUT2D eigenvalue weighted by molar-refractivity contribution is 0.440. The molecule has 3 rings (SSSR count). The van der Waals surface area contributed by atoms with Crippen molar-refractivity contribution in [2.24, 2.45) is 0 Å². The number of sulfone groups is 1. The molecular formula is C17H18N4O3S. The molecule has 0 aliphatic carbocycles. The zero-order chi connectivity index (χ0) is 18.2. The lowest BCUT2D eigenvalue weighted by Gasteiger charge is -2.15. The molecule has 0 atom stereocenters. The fraction of sp³-hybridized carbons (Fsp3) is 0.235. The van der Waals surface area contributed by atoms with Gasteiger partial charge in [0.25, 0.3) is 0 Å². The summed E-state index contributed by atoms with van der Waals surface area (Å²) >= 11 is 0. The van der Waals surface area contributed by atoms with Crippen LogP contribution in [-0.2, 0) is 9.84 Å². The van der Waals surface area contributed by atoms with Gasteiger partial charge in [0.05, 0.1) is 10.6 Å². The normalized spacial score (nSPS) is 11.8. The third-order valence-corrected chi connectivity index (χ3v) is 4.91. The van der Waals surface area contributed by atoms with Gasteiger partial charge in [-0.2, -0.15) is 4.98 Å². The van der Waals surface area contributed by atoms with Gasteiger partial charge in [-0.1, -0.05) is 26.0 Å². The highest BCUT2D eigenvalue weighted by atomic mass is 32.2. The van der Waals surface area contributed by atoms with Crippen LogP contribution >= 0.6 is 0 Å². The maximum atomic E-state index is 11.6. The van der Waals surface area contributed by atoms with Crippen LogP contribution in [0, 0.1) is 0 Å². The van der Waals surface area contributed by atoms with E-state index in [1.165, 1.54) is 12.1 Å². The molecule has 25 heavy (non-hydrogen) atoms. The van der Waals surface area contributed by atoms with Crippen molar-refractivity contribution in [3.63, 3.8) is 0 Å².